The molecule has 0 aliphatic carbocycles. The van der Waals surface area contributed by atoms with Gasteiger partial charge in [0.1, 0.15) is 19.6 Å². The smallest absolute Gasteiger partial charge is 0.373 e. The molecule has 1 aromatic rings. The van der Waals surface area contributed by atoms with Gasteiger partial charge < -0.3 is 18.8 Å². The van der Waals surface area contributed by atoms with Gasteiger partial charge in [0.25, 0.3) is 0 Å². The third kappa shape index (κ3) is 2.62. The van der Waals surface area contributed by atoms with E-state index < -0.39 is 5.97 Å². The van der Waals surface area contributed by atoms with Crippen LogP contribution < -0.4 is 4.90 Å². The Morgan fingerprint density at radius 3 is 2.88 bits per heavy atom. The highest BCUT2D eigenvalue weighted by Crippen LogP contribution is 2.07. The Hall–Kier alpha value is -1.33. The van der Waals surface area contributed by atoms with E-state index in [0.717, 1.165) is 38.6 Å². The summed E-state index contributed by atoms with van der Waals surface area (Å²) in [6, 6.07) is 3.48. The van der Waals surface area contributed by atoms with E-state index in [9.17, 15) is 4.79 Å². The first-order valence-corrected chi connectivity index (χ1v) is 5.38. The summed E-state index contributed by atoms with van der Waals surface area (Å²) in [5.41, 5.74) is 0. The molecule has 1 fully saturated rings. The van der Waals surface area contributed by atoms with E-state index in [1.807, 2.05) is 6.07 Å². The highest BCUT2D eigenvalue weighted by molar-refractivity contribution is 5.86. The van der Waals surface area contributed by atoms with Gasteiger partial charge in [0.15, 0.2) is 5.76 Å². The SMILES string of the molecule is COC(=O)c1ccc(C[NH+]2CCOCC2)o1. The van der Waals surface area contributed by atoms with Crippen LogP contribution in [-0.4, -0.2) is 39.4 Å². The zero-order valence-electron chi connectivity index (χ0n) is 9.32. The van der Waals surface area contributed by atoms with Gasteiger partial charge in [0.2, 0.25) is 5.76 Å². The lowest BCUT2D eigenvalue weighted by molar-refractivity contribution is -0.922. The maximum absolute atomic E-state index is 11.2. The number of rotatable bonds is 3. The minimum absolute atomic E-state index is 0.269. The molecule has 0 spiro atoms. The van der Waals surface area contributed by atoms with Gasteiger partial charge in [0, 0.05) is 0 Å². The summed E-state index contributed by atoms with van der Waals surface area (Å²) in [5.74, 6) is 0.658. The Balaban J connectivity index is 1.94. The van der Waals surface area contributed by atoms with E-state index in [1.54, 1.807) is 6.07 Å². The quantitative estimate of drug-likeness (QED) is 0.705. The van der Waals surface area contributed by atoms with E-state index in [0.29, 0.717) is 0 Å². The molecule has 0 radical (unpaired) electrons. The van der Waals surface area contributed by atoms with Crippen molar-refractivity contribution in [2.24, 2.45) is 0 Å². The van der Waals surface area contributed by atoms with Crippen molar-refractivity contribution in [3.63, 3.8) is 0 Å². The first-order valence-electron chi connectivity index (χ1n) is 5.38. The highest BCUT2D eigenvalue weighted by atomic mass is 16.5. The van der Waals surface area contributed by atoms with Gasteiger partial charge in [-0.3, -0.25) is 0 Å². The number of esters is 1. The predicted octanol–water partition coefficient (Wildman–Crippen LogP) is -0.519. The number of nitrogens with one attached hydrogen (secondary N) is 1. The van der Waals surface area contributed by atoms with Gasteiger partial charge in [-0.2, -0.15) is 0 Å². The molecule has 0 atom stereocenters. The molecule has 1 N–H and O–H groups in total. The Morgan fingerprint density at radius 2 is 2.19 bits per heavy atom. The molecule has 5 nitrogen and oxygen atoms in total. The second kappa shape index (κ2) is 5.14. The summed E-state index contributed by atoms with van der Waals surface area (Å²) in [5, 5.41) is 0. The van der Waals surface area contributed by atoms with E-state index >= 15 is 0 Å². The highest BCUT2D eigenvalue weighted by Gasteiger charge is 2.17. The average Bonchev–Trinajstić information content (AvgIpc) is 2.78. The molecular weight excluding hydrogens is 210 g/mol. The fourth-order valence-electron chi connectivity index (χ4n) is 1.77. The summed E-state index contributed by atoms with van der Waals surface area (Å²) in [6.07, 6.45) is 0. The molecule has 0 unspecified atom stereocenters. The number of quaternary nitrogens is 1. The lowest BCUT2D eigenvalue weighted by atomic mass is 10.3. The fraction of sp³-hybridized carbons (Fsp3) is 0.545. The second-order valence-corrected chi connectivity index (χ2v) is 3.80. The fourth-order valence-corrected chi connectivity index (χ4v) is 1.77. The van der Waals surface area contributed by atoms with Crippen LogP contribution >= 0.6 is 0 Å². The minimum atomic E-state index is -0.428. The van der Waals surface area contributed by atoms with Crippen LogP contribution in [0.5, 0.6) is 0 Å². The average molecular weight is 226 g/mol. The molecule has 5 heteroatoms. The Bertz CT molecular complexity index is 355. The van der Waals surface area contributed by atoms with Crippen LogP contribution in [0, 0.1) is 0 Å². The van der Waals surface area contributed by atoms with Crippen LogP contribution in [0.4, 0.5) is 0 Å². The largest absolute Gasteiger partial charge is 0.463 e. The Labute approximate surface area is 93.9 Å². The van der Waals surface area contributed by atoms with E-state index in [1.165, 1.54) is 12.0 Å². The summed E-state index contributed by atoms with van der Waals surface area (Å²) < 4.78 is 15.3. The monoisotopic (exact) mass is 226 g/mol. The summed E-state index contributed by atoms with van der Waals surface area (Å²) in [6.45, 7) is 4.34. The van der Waals surface area contributed by atoms with Gasteiger partial charge in [-0.15, -0.1) is 0 Å². The molecule has 0 bridgehead atoms. The Kier molecular flexibility index (Phi) is 3.58. The first kappa shape index (κ1) is 11.2. The molecule has 2 heterocycles. The molecule has 1 aromatic heterocycles. The van der Waals surface area contributed by atoms with Gasteiger partial charge >= 0.3 is 5.97 Å². The third-order valence-electron chi connectivity index (χ3n) is 2.67. The number of ether oxygens (including phenoxy) is 2. The number of morpholine rings is 1. The van der Waals surface area contributed by atoms with Crippen molar-refractivity contribution < 1.29 is 23.6 Å². The molecule has 0 saturated carbocycles. The van der Waals surface area contributed by atoms with Crippen molar-refractivity contribution in [2.45, 2.75) is 6.54 Å². The number of carbonyl (C=O) groups is 1. The molecule has 1 saturated heterocycles. The van der Waals surface area contributed by atoms with Crippen molar-refractivity contribution in [1.82, 2.24) is 0 Å². The van der Waals surface area contributed by atoms with Crippen LogP contribution in [0.25, 0.3) is 0 Å². The number of furan rings is 1. The van der Waals surface area contributed by atoms with Crippen LogP contribution in [0.1, 0.15) is 16.3 Å². The third-order valence-corrected chi connectivity index (χ3v) is 2.67. The zero-order valence-corrected chi connectivity index (χ0v) is 9.32. The van der Waals surface area contributed by atoms with Crippen LogP contribution in [0.2, 0.25) is 0 Å². The maximum atomic E-state index is 11.2. The Morgan fingerprint density at radius 1 is 1.44 bits per heavy atom. The van der Waals surface area contributed by atoms with Gasteiger partial charge in [-0.05, 0) is 12.1 Å². The lowest BCUT2D eigenvalue weighted by Gasteiger charge is -2.22. The molecule has 16 heavy (non-hydrogen) atoms. The maximum Gasteiger partial charge on any atom is 0.373 e. The van der Waals surface area contributed by atoms with Crippen LogP contribution in [-0.2, 0) is 16.0 Å². The number of hydrogen-bond donors (Lipinski definition) is 1. The molecule has 2 rings (SSSR count). The number of methoxy groups -OCH3 is 1. The lowest BCUT2D eigenvalue weighted by Crippen LogP contribution is -3.12. The molecule has 1 aliphatic heterocycles. The number of hydrogen-bond acceptors (Lipinski definition) is 4. The van der Waals surface area contributed by atoms with Crippen molar-refractivity contribution in [2.75, 3.05) is 33.4 Å². The standard InChI is InChI=1S/C11H15NO4/c1-14-11(13)10-3-2-9(16-10)8-12-4-6-15-7-5-12/h2-3H,4-8H2,1H3/p+1. The first-order chi connectivity index (χ1) is 7.79. The molecule has 0 aromatic carbocycles. The molecule has 1 aliphatic rings. The van der Waals surface area contributed by atoms with Gasteiger partial charge in [0.05, 0.1) is 20.3 Å². The van der Waals surface area contributed by atoms with Crippen molar-refractivity contribution in [3.05, 3.63) is 23.7 Å². The minimum Gasteiger partial charge on any atom is -0.463 e. The van der Waals surface area contributed by atoms with Gasteiger partial charge in [-0.25, -0.2) is 4.79 Å². The van der Waals surface area contributed by atoms with E-state index in [4.69, 9.17) is 9.15 Å². The second-order valence-electron chi connectivity index (χ2n) is 3.80. The van der Waals surface area contributed by atoms with E-state index in [2.05, 4.69) is 4.74 Å². The van der Waals surface area contributed by atoms with Crippen molar-refractivity contribution >= 4 is 5.97 Å². The zero-order chi connectivity index (χ0) is 11.4. The van der Waals surface area contributed by atoms with Gasteiger partial charge in [-0.1, -0.05) is 0 Å². The summed E-state index contributed by atoms with van der Waals surface area (Å²) in [7, 11) is 1.34. The number of carbonyl (C=O) groups excluding carboxylic acids is 1. The van der Waals surface area contributed by atoms with E-state index in [-0.39, 0.29) is 5.76 Å². The normalized spacial score (nSPS) is 17.3. The predicted molar refractivity (Wildman–Crippen MR) is 55.3 cm³/mol. The van der Waals surface area contributed by atoms with Crippen LogP contribution in [0.15, 0.2) is 16.5 Å². The molecule has 0 amide bonds. The van der Waals surface area contributed by atoms with Crippen LogP contribution in [0.3, 0.4) is 0 Å². The summed E-state index contributed by atoms with van der Waals surface area (Å²) >= 11 is 0. The van der Waals surface area contributed by atoms with Crippen molar-refractivity contribution in [3.8, 4) is 0 Å². The molecule has 88 valence electrons. The molecular formula is C11H16NO4+. The van der Waals surface area contributed by atoms with Crippen molar-refractivity contribution in [1.29, 1.82) is 0 Å². The topological polar surface area (TPSA) is 53.1 Å². The summed E-state index contributed by atoms with van der Waals surface area (Å²) in [4.78, 5) is 12.6.